The van der Waals surface area contributed by atoms with Gasteiger partial charge in [0.1, 0.15) is 0 Å². The molecule has 0 saturated carbocycles. The molecular formula is C19H22N4O2. The highest BCUT2D eigenvalue weighted by molar-refractivity contribution is 6.05. The van der Waals surface area contributed by atoms with Gasteiger partial charge in [0.15, 0.2) is 5.82 Å². The Bertz CT molecular complexity index is 896. The average molecular weight is 338 g/mol. The van der Waals surface area contributed by atoms with Crippen LogP contribution in [0.2, 0.25) is 0 Å². The summed E-state index contributed by atoms with van der Waals surface area (Å²) in [7, 11) is 0. The maximum absolute atomic E-state index is 13.0. The normalized spacial score (nSPS) is 18.2. The molecule has 3 aromatic rings. The molecule has 0 aliphatic carbocycles. The molecule has 1 saturated heterocycles. The van der Waals surface area contributed by atoms with Crippen molar-refractivity contribution in [2.24, 2.45) is 0 Å². The number of aromatic nitrogens is 3. The number of fused-ring (bicyclic) bond motifs is 1. The summed E-state index contributed by atoms with van der Waals surface area (Å²) in [5.41, 5.74) is 1.62. The minimum Gasteiger partial charge on any atom is -0.361 e. The second-order valence-corrected chi connectivity index (χ2v) is 6.98. The summed E-state index contributed by atoms with van der Waals surface area (Å²) in [5, 5.41) is 5.19. The third kappa shape index (κ3) is 2.92. The highest BCUT2D eigenvalue weighted by Gasteiger charge is 2.29. The standard InChI is InChI=1S/C19H22N4O2/c1-12(2)18-21-17(22-25-18)14-6-4-10-23(11-14)19(24)15-7-3-5-13-8-9-20-16(13)15/h3,5,7-9,12,14,20H,4,6,10-11H2,1-2H3. The Morgan fingerprint density at radius 1 is 1.36 bits per heavy atom. The molecule has 130 valence electrons. The second kappa shape index (κ2) is 6.35. The number of carbonyl (C=O) groups excluding carboxylic acids is 1. The van der Waals surface area contributed by atoms with Crippen molar-refractivity contribution < 1.29 is 9.32 Å². The average Bonchev–Trinajstić information content (AvgIpc) is 3.30. The highest BCUT2D eigenvalue weighted by Crippen LogP contribution is 2.28. The zero-order valence-corrected chi connectivity index (χ0v) is 14.5. The zero-order chi connectivity index (χ0) is 17.4. The van der Waals surface area contributed by atoms with Gasteiger partial charge in [-0.05, 0) is 25.0 Å². The van der Waals surface area contributed by atoms with E-state index in [9.17, 15) is 4.79 Å². The Morgan fingerprint density at radius 2 is 2.24 bits per heavy atom. The van der Waals surface area contributed by atoms with Crippen molar-refractivity contribution in [3.8, 4) is 0 Å². The predicted molar refractivity (Wildman–Crippen MR) is 94.6 cm³/mol. The van der Waals surface area contributed by atoms with Crippen molar-refractivity contribution in [1.82, 2.24) is 20.0 Å². The van der Waals surface area contributed by atoms with E-state index in [0.29, 0.717) is 12.4 Å². The molecule has 1 amide bonds. The Morgan fingerprint density at radius 3 is 3.04 bits per heavy atom. The number of rotatable bonds is 3. The van der Waals surface area contributed by atoms with Gasteiger partial charge >= 0.3 is 0 Å². The first kappa shape index (κ1) is 15.9. The van der Waals surface area contributed by atoms with Crippen molar-refractivity contribution in [3.63, 3.8) is 0 Å². The van der Waals surface area contributed by atoms with Crippen LogP contribution in [-0.2, 0) is 0 Å². The van der Waals surface area contributed by atoms with Gasteiger partial charge in [0.05, 0.1) is 11.1 Å². The molecule has 1 aromatic carbocycles. The van der Waals surface area contributed by atoms with E-state index in [4.69, 9.17) is 4.52 Å². The Kier molecular flexibility index (Phi) is 4.03. The summed E-state index contributed by atoms with van der Waals surface area (Å²) in [4.78, 5) is 22.7. The monoisotopic (exact) mass is 338 g/mol. The number of aromatic amines is 1. The highest BCUT2D eigenvalue weighted by atomic mass is 16.5. The van der Waals surface area contributed by atoms with Crippen LogP contribution in [0.5, 0.6) is 0 Å². The molecule has 0 bridgehead atoms. The molecule has 0 radical (unpaired) electrons. The lowest BCUT2D eigenvalue weighted by atomic mass is 9.96. The van der Waals surface area contributed by atoms with E-state index in [1.54, 1.807) is 0 Å². The molecule has 6 nitrogen and oxygen atoms in total. The van der Waals surface area contributed by atoms with Gasteiger partial charge in [-0.25, -0.2) is 0 Å². The van der Waals surface area contributed by atoms with Gasteiger partial charge in [0, 0.05) is 36.5 Å². The van der Waals surface area contributed by atoms with Crippen molar-refractivity contribution in [2.45, 2.75) is 38.5 Å². The summed E-state index contributed by atoms with van der Waals surface area (Å²) in [5.74, 6) is 1.80. The van der Waals surface area contributed by atoms with E-state index in [1.807, 2.05) is 49.2 Å². The van der Waals surface area contributed by atoms with Gasteiger partial charge in [0.25, 0.3) is 5.91 Å². The van der Waals surface area contributed by atoms with Gasteiger partial charge in [-0.1, -0.05) is 31.1 Å². The second-order valence-electron chi connectivity index (χ2n) is 6.98. The van der Waals surface area contributed by atoms with Crippen LogP contribution in [0.25, 0.3) is 10.9 Å². The molecule has 1 fully saturated rings. The maximum Gasteiger partial charge on any atom is 0.256 e. The van der Waals surface area contributed by atoms with Crippen molar-refractivity contribution in [1.29, 1.82) is 0 Å². The number of amides is 1. The van der Waals surface area contributed by atoms with Crippen LogP contribution in [-0.4, -0.2) is 39.0 Å². The van der Waals surface area contributed by atoms with Gasteiger partial charge in [-0.3, -0.25) is 4.79 Å². The first-order chi connectivity index (χ1) is 12.1. The number of hydrogen-bond acceptors (Lipinski definition) is 4. The number of H-pyrrole nitrogens is 1. The molecule has 1 atom stereocenters. The fraction of sp³-hybridized carbons (Fsp3) is 0.421. The lowest BCUT2D eigenvalue weighted by molar-refractivity contribution is 0.0705. The molecule has 4 rings (SSSR count). The third-order valence-corrected chi connectivity index (χ3v) is 4.84. The molecule has 6 heteroatoms. The molecule has 1 unspecified atom stereocenters. The van der Waals surface area contributed by atoms with Crippen molar-refractivity contribution >= 4 is 16.8 Å². The smallest absolute Gasteiger partial charge is 0.256 e. The molecule has 1 aliphatic rings. The van der Waals surface area contributed by atoms with E-state index >= 15 is 0 Å². The number of nitrogens with one attached hydrogen (secondary N) is 1. The number of piperidine rings is 1. The number of benzene rings is 1. The van der Waals surface area contributed by atoms with E-state index in [2.05, 4.69) is 15.1 Å². The molecule has 1 aliphatic heterocycles. The van der Waals surface area contributed by atoms with Crippen LogP contribution in [0.4, 0.5) is 0 Å². The van der Waals surface area contributed by atoms with Crippen LogP contribution in [0.15, 0.2) is 35.0 Å². The number of nitrogens with zero attached hydrogens (tertiary/aromatic N) is 3. The van der Waals surface area contributed by atoms with Crippen LogP contribution < -0.4 is 0 Å². The number of likely N-dealkylation sites (tertiary alicyclic amines) is 1. The Balaban J connectivity index is 1.56. The largest absolute Gasteiger partial charge is 0.361 e. The van der Waals surface area contributed by atoms with E-state index in [-0.39, 0.29) is 17.7 Å². The van der Waals surface area contributed by atoms with Gasteiger partial charge in [-0.15, -0.1) is 0 Å². The third-order valence-electron chi connectivity index (χ3n) is 4.84. The maximum atomic E-state index is 13.0. The lowest BCUT2D eigenvalue weighted by Crippen LogP contribution is -2.39. The van der Waals surface area contributed by atoms with E-state index in [1.165, 1.54) is 0 Å². The topological polar surface area (TPSA) is 75.0 Å². The van der Waals surface area contributed by atoms with Gasteiger partial charge in [-0.2, -0.15) is 4.98 Å². The summed E-state index contributed by atoms with van der Waals surface area (Å²) < 4.78 is 5.34. The van der Waals surface area contributed by atoms with Crippen LogP contribution in [0.1, 0.15) is 60.6 Å². The fourth-order valence-corrected chi connectivity index (χ4v) is 3.45. The Hall–Kier alpha value is -2.63. The van der Waals surface area contributed by atoms with Crippen LogP contribution in [0.3, 0.4) is 0 Å². The molecular weight excluding hydrogens is 316 g/mol. The molecule has 1 N–H and O–H groups in total. The van der Waals surface area contributed by atoms with E-state index in [0.717, 1.165) is 41.7 Å². The quantitative estimate of drug-likeness (QED) is 0.790. The summed E-state index contributed by atoms with van der Waals surface area (Å²) in [6, 6.07) is 7.81. The lowest BCUT2D eigenvalue weighted by Gasteiger charge is -2.31. The zero-order valence-electron chi connectivity index (χ0n) is 14.5. The minimum atomic E-state index is 0.0605. The molecule has 3 heterocycles. The molecule has 2 aromatic heterocycles. The van der Waals surface area contributed by atoms with Crippen LogP contribution in [0, 0.1) is 0 Å². The summed E-state index contributed by atoms with van der Waals surface area (Å²) in [6.07, 6.45) is 3.80. The van der Waals surface area contributed by atoms with E-state index < -0.39 is 0 Å². The Labute approximate surface area is 146 Å². The fourth-order valence-electron chi connectivity index (χ4n) is 3.45. The molecule has 0 spiro atoms. The first-order valence-corrected chi connectivity index (χ1v) is 8.82. The minimum absolute atomic E-state index is 0.0605. The van der Waals surface area contributed by atoms with Crippen molar-refractivity contribution in [2.75, 3.05) is 13.1 Å². The summed E-state index contributed by atoms with van der Waals surface area (Å²) >= 11 is 0. The summed E-state index contributed by atoms with van der Waals surface area (Å²) in [6.45, 7) is 5.46. The number of hydrogen-bond donors (Lipinski definition) is 1. The van der Waals surface area contributed by atoms with Gasteiger partial charge in [0.2, 0.25) is 5.89 Å². The SMILES string of the molecule is CC(C)c1nc(C2CCCN(C(=O)c3cccc4cc[nH]c34)C2)no1. The van der Waals surface area contributed by atoms with Crippen LogP contribution >= 0.6 is 0 Å². The first-order valence-electron chi connectivity index (χ1n) is 8.82. The number of carbonyl (C=O) groups is 1. The van der Waals surface area contributed by atoms with Crippen molar-refractivity contribution in [3.05, 3.63) is 47.7 Å². The van der Waals surface area contributed by atoms with Gasteiger partial charge < -0.3 is 14.4 Å². The number of para-hydroxylation sites is 1. The predicted octanol–water partition coefficient (Wildman–Crippen LogP) is 3.69. The molecule has 25 heavy (non-hydrogen) atoms.